The van der Waals surface area contributed by atoms with Crippen molar-refractivity contribution in [3.05, 3.63) is 0 Å². The zero-order chi connectivity index (χ0) is 8.69. The van der Waals surface area contributed by atoms with E-state index in [1.54, 1.807) is 0 Å². The van der Waals surface area contributed by atoms with E-state index in [0.717, 1.165) is 12.8 Å². The molecule has 0 spiro atoms. The third-order valence-corrected chi connectivity index (χ3v) is 1.63. The van der Waals surface area contributed by atoms with Gasteiger partial charge in [0.15, 0.2) is 0 Å². The maximum atomic E-state index is 10.9. The monoisotopic (exact) mass is 156 g/mol. The van der Waals surface area contributed by atoms with Crippen molar-refractivity contribution < 1.29 is 4.79 Å². The van der Waals surface area contributed by atoms with Crippen molar-refractivity contribution in [2.24, 2.45) is 5.73 Å². The third kappa shape index (κ3) is 4.67. The summed E-state index contributed by atoms with van der Waals surface area (Å²) in [5, 5.41) is 6.75. The van der Waals surface area contributed by atoms with Gasteiger partial charge >= 0.3 is 0 Å². The molecule has 0 saturated carbocycles. The number of ketones is 1. The number of nitrogens with one attached hydrogen (secondary N) is 1. The Morgan fingerprint density at radius 3 is 2.82 bits per heavy atom. The smallest absolute Gasteiger partial charge is 0.149 e. The van der Waals surface area contributed by atoms with Crippen molar-refractivity contribution in [2.75, 3.05) is 0 Å². The van der Waals surface area contributed by atoms with Crippen LogP contribution in [-0.2, 0) is 4.79 Å². The summed E-state index contributed by atoms with van der Waals surface area (Å²) in [4.78, 5) is 10.9. The molecule has 3 nitrogen and oxygen atoms in total. The van der Waals surface area contributed by atoms with E-state index in [-0.39, 0.29) is 11.8 Å². The summed E-state index contributed by atoms with van der Waals surface area (Å²) in [5.74, 6) is 0.120. The van der Waals surface area contributed by atoms with Crippen molar-refractivity contribution in [2.45, 2.75) is 38.6 Å². The molecule has 3 N–H and O–H groups in total. The highest BCUT2D eigenvalue weighted by Crippen LogP contribution is 1.99. The molecule has 0 unspecified atom stereocenters. The molecule has 64 valence electrons. The summed E-state index contributed by atoms with van der Waals surface area (Å²) in [5.41, 5.74) is 5.54. The molecule has 0 fully saturated rings. The van der Waals surface area contributed by atoms with Crippen LogP contribution in [-0.4, -0.2) is 18.0 Å². The number of hydrogen-bond acceptors (Lipinski definition) is 3. The second-order valence-corrected chi connectivity index (χ2v) is 2.56. The molecule has 0 amide bonds. The minimum absolute atomic E-state index is 0.120. The molecule has 0 saturated heterocycles. The van der Waals surface area contributed by atoms with E-state index in [9.17, 15) is 4.79 Å². The number of unbranched alkanes of at least 4 members (excludes halogenated alkanes) is 1. The molecule has 0 aliphatic rings. The molecule has 0 aromatic heterocycles. The highest BCUT2D eigenvalue weighted by Gasteiger charge is 2.09. The summed E-state index contributed by atoms with van der Waals surface area (Å²) in [6, 6.07) is -0.306. The highest BCUT2D eigenvalue weighted by molar-refractivity contribution is 5.83. The first-order chi connectivity index (χ1) is 5.22. The van der Waals surface area contributed by atoms with Crippen LogP contribution in [0, 0.1) is 5.41 Å². The van der Waals surface area contributed by atoms with Gasteiger partial charge in [0.25, 0.3) is 0 Å². The minimum atomic E-state index is -0.306. The predicted molar refractivity (Wildman–Crippen MR) is 45.9 cm³/mol. The lowest BCUT2D eigenvalue weighted by Gasteiger charge is -2.06. The first-order valence-corrected chi connectivity index (χ1v) is 3.99. The van der Waals surface area contributed by atoms with Gasteiger partial charge in [0, 0.05) is 6.42 Å². The van der Waals surface area contributed by atoms with E-state index < -0.39 is 0 Å². The van der Waals surface area contributed by atoms with Crippen LogP contribution in [0.1, 0.15) is 32.6 Å². The van der Waals surface area contributed by atoms with Crippen molar-refractivity contribution in [3.8, 4) is 0 Å². The van der Waals surface area contributed by atoms with Gasteiger partial charge < -0.3 is 11.1 Å². The molecule has 3 heteroatoms. The van der Waals surface area contributed by atoms with Crippen LogP contribution in [0.15, 0.2) is 0 Å². The van der Waals surface area contributed by atoms with Crippen molar-refractivity contribution in [1.29, 1.82) is 5.41 Å². The fourth-order valence-corrected chi connectivity index (χ4v) is 0.863. The Morgan fingerprint density at radius 1 is 1.73 bits per heavy atom. The lowest BCUT2D eigenvalue weighted by molar-refractivity contribution is -0.120. The molecule has 11 heavy (non-hydrogen) atoms. The topological polar surface area (TPSA) is 66.9 Å². The van der Waals surface area contributed by atoms with Crippen molar-refractivity contribution >= 4 is 12.0 Å². The average Bonchev–Trinajstić information content (AvgIpc) is 2.03. The number of carbonyl (C=O) groups excluding carboxylic acids is 1. The normalized spacial score (nSPS) is 12.5. The molecule has 0 aromatic rings. The molecule has 0 aromatic carbocycles. The quantitative estimate of drug-likeness (QED) is 0.447. The minimum Gasteiger partial charge on any atom is -0.322 e. The van der Waals surface area contributed by atoms with Gasteiger partial charge in [-0.3, -0.25) is 4.79 Å². The maximum absolute atomic E-state index is 10.9. The van der Waals surface area contributed by atoms with Crippen molar-refractivity contribution in [3.63, 3.8) is 0 Å². The van der Waals surface area contributed by atoms with Crippen LogP contribution in [0.4, 0.5) is 0 Å². The Bertz CT molecular complexity index is 134. The van der Waals surface area contributed by atoms with Crippen LogP contribution in [0.25, 0.3) is 0 Å². The second-order valence-electron chi connectivity index (χ2n) is 2.56. The second kappa shape index (κ2) is 6.04. The van der Waals surface area contributed by atoms with Gasteiger partial charge in [0.2, 0.25) is 0 Å². The van der Waals surface area contributed by atoms with Crippen molar-refractivity contribution in [1.82, 2.24) is 0 Å². The van der Waals surface area contributed by atoms with E-state index in [0.29, 0.717) is 12.8 Å². The number of carbonyl (C=O) groups is 1. The SMILES string of the molecule is CCC(=O)[C@@H](N)CCCC=N. The van der Waals surface area contributed by atoms with Gasteiger partial charge in [-0.05, 0) is 25.5 Å². The van der Waals surface area contributed by atoms with Crippen LogP contribution in [0.2, 0.25) is 0 Å². The highest BCUT2D eigenvalue weighted by atomic mass is 16.1. The molecule has 0 bridgehead atoms. The molecular formula is C8H16N2O. The summed E-state index contributed by atoms with van der Waals surface area (Å²) < 4.78 is 0. The lowest BCUT2D eigenvalue weighted by Crippen LogP contribution is -2.29. The number of Topliss-reactive ketones (excluding diaryl/α,β-unsaturated/α-hetero) is 1. The molecule has 0 rings (SSSR count). The number of nitrogens with two attached hydrogens (primary N) is 1. The van der Waals surface area contributed by atoms with Crippen LogP contribution in [0.3, 0.4) is 0 Å². The summed E-state index contributed by atoms with van der Waals surface area (Å²) in [7, 11) is 0. The Balaban J connectivity index is 3.43. The van der Waals surface area contributed by atoms with Gasteiger partial charge in [-0.1, -0.05) is 6.92 Å². The Labute approximate surface area is 67.5 Å². The molecule has 0 radical (unpaired) electrons. The molecule has 0 aliphatic carbocycles. The lowest BCUT2D eigenvalue weighted by atomic mass is 10.1. The van der Waals surface area contributed by atoms with E-state index in [1.807, 2.05) is 6.92 Å². The van der Waals surface area contributed by atoms with Gasteiger partial charge in [-0.2, -0.15) is 0 Å². The predicted octanol–water partition coefficient (Wildman–Crippen LogP) is 1.11. The molecular weight excluding hydrogens is 140 g/mol. The summed E-state index contributed by atoms with van der Waals surface area (Å²) >= 11 is 0. The summed E-state index contributed by atoms with van der Waals surface area (Å²) in [6.45, 7) is 1.82. The first-order valence-electron chi connectivity index (χ1n) is 3.99. The summed E-state index contributed by atoms with van der Waals surface area (Å²) in [6.07, 6.45) is 4.15. The van der Waals surface area contributed by atoms with E-state index in [2.05, 4.69) is 0 Å². The van der Waals surface area contributed by atoms with E-state index in [4.69, 9.17) is 11.1 Å². The Hall–Kier alpha value is -0.700. The van der Waals surface area contributed by atoms with Gasteiger partial charge in [0.1, 0.15) is 5.78 Å². The van der Waals surface area contributed by atoms with Crippen LogP contribution in [0.5, 0.6) is 0 Å². The average molecular weight is 156 g/mol. The van der Waals surface area contributed by atoms with Gasteiger partial charge in [0.05, 0.1) is 6.04 Å². The number of hydrogen-bond donors (Lipinski definition) is 2. The molecule has 1 atom stereocenters. The van der Waals surface area contributed by atoms with Crippen LogP contribution < -0.4 is 5.73 Å². The third-order valence-electron chi connectivity index (χ3n) is 1.63. The van der Waals surface area contributed by atoms with Gasteiger partial charge in [-0.15, -0.1) is 0 Å². The fourth-order valence-electron chi connectivity index (χ4n) is 0.863. The van der Waals surface area contributed by atoms with E-state index in [1.165, 1.54) is 6.21 Å². The maximum Gasteiger partial charge on any atom is 0.149 e. The standard InChI is InChI=1S/C8H16N2O/c1-2-8(11)7(10)5-3-4-6-9/h6-7,9H,2-5,10H2,1H3/t7-/m0/s1. The first kappa shape index (κ1) is 10.3. The largest absolute Gasteiger partial charge is 0.322 e. The Morgan fingerprint density at radius 2 is 2.36 bits per heavy atom. The Kier molecular flexibility index (Phi) is 5.65. The zero-order valence-corrected chi connectivity index (χ0v) is 6.97. The zero-order valence-electron chi connectivity index (χ0n) is 6.97. The van der Waals surface area contributed by atoms with Crippen LogP contribution >= 0.6 is 0 Å². The fraction of sp³-hybridized carbons (Fsp3) is 0.750. The number of rotatable bonds is 6. The molecule has 0 heterocycles. The van der Waals surface area contributed by atoms with E-state index >= 15 is 0 Å². The molecule has 0 aliphatic heterocycles. The van der Waals surface area contributed by atoms with Gasteiger partial charge in [-0.25, -0.2) is 0 Å².